The first kappa shape index (κ1) is 27.8. The molecule has 1 amide bonds. The van der Waals surface area contributed by atoms with Crippen LogP contribution >= 0.6 is 7.82 Å². The minimum atomic E-state index is -3.86. The fraction of sp³-hybridized carbons (Fsp3) is 0.750. The number of hydrogen-bond acceptors (Lipinski definition) is 7. The van der Waals surface area contributed by atoms with Crippen molar-refractivity contribution in [1.82, 2.24) is 10.6 Å². The van der Waals surface area contributed by atoms with Gasteiger partial charge in [-0.25, -0.2) is 4.57 Å². The average Bonchev–Trinajstić information content (AvgIpc) is 2.61. The van der Waals surface area contributed by atoms with Gasteiger partial charge in [0.25, 0.3) is 0 Å². The van der Waals surface area contributed by atoms with Gasteiger partial charge in [0.05, 0.1) is 25.9 Å². The normalized spacial score (nSPS) is 15.2. The first-order valence-electron chi connectivity index (χ1n) is 8.36. The predicted molar refractivity (Wildman–Crippen MR) is 95.9 cm³/mol. The van der Waals surface area contributed by atoms with E-state index in [0.29, 0.717) is 18.9 Å². The number of rotatable bonds is 17. The van der Waals surface area contributed by atoms with Gasteiger partial charge in [0, 0.05) is 31.5 Å². The predicted octanol–water partition coefficient (Wildman–Crippen LogP) is 1.97. The van der Waals surface area contributed by atoms with Crippen molar-refractivity contribution in [2.45, 2.75) is 39.2 Å². The fourth-order valence-corrected chi connectivity index (χ4v) is 2.89. The number of amides is 1. The van der Waals surface area contributed by atoms with Crippen molar-refractivity contribution >= 4 is 20.0 Å². The van der Waals surface area contributed by atoms with E-state index >= 15 is 0 Å². The van der Waals surface area contributed by atoms with E-state index < -0.39 is 13.9 Å². The summed E-state index contributed by atoms with van der Waals surface area (Å²) in [5, 5.41) is 5.11. The van der Waals surface area contributed by atoms with E-state index in [2.05, 4.69) is 17.2 Å². The first-order chi connectivity index (χ1) is 11.9. The molecule has 0 spiro atoms. The van der Waals surface area contributed by atoms with Gasteiger partial charge in [0.15, 0.2) is 5.78 Å². The van der Waals surface area contributed by atoms with Gasteiger partial charge < -0.3 is 15.4 Å². The van der Waals surface area contributed by atoms with Crippen LogP contribution in [0.25, 0.3) is 0 Å². The van der Waals surface area contributed by atoms with Crippen molar-refractivity contribution in [3.63, 3.8) is 0 Å². The van der Waals surface area contributed by atoms with Crippen LogP contribution in [0.1, 0.15) is 33.1 Å². The molecule has 0 aromatic heterocycles. The molecule has 0 saturated heterocycles. The fourth-order valence-electron chi connectivity index (χ4n) is 1.73. The summed E-state index contributed by atoms with van der Waals surface area (Å²) in [4.78, 5) is 22.9. The number of carbonyl (C=O) groups is 1. The minimum Gasteiger partial charge on any atom is -0.520 e. The summed E-state index contributed by atoms with van der Waals surface area (Å²) in [6.45, 7) is 7.77. The SMILES string of the molecule is C=CCOP(=O)(OCCNC)OCC(N[C-]=O)C(=O)CCC(C)CC.[V]. The van der Waals surface area contributed by atoms with Crippen molar-refractivity contribution in [3.05, 3.63) is 12.7 Å². The number of phosphoric acid groups is 1. The molecule has 3 atom stereocenters. The maximum atomic E-state index is 12.5. The molecule has 0 fully saturated rings. The molecule has 0 aliphatic rings. The zero-order valence-electron chi connectivity index (χ0n) is 15.7. The van der Waals surface area contributed by atoms with Crippen LogP contribution in [0.5, 0.6) is 0 Å². The number of nitrogens with one attached hydrogen (secondary N) is 2. The Morgan fingerprint density at radius 2 is 2.04 bits per heavy atom. The molecular weight excluding hydrogens is 398 g/mol. The van der Waals surface area contributed by atoms with Crippen LogP contribution in [0.4, 0.5) is 0 Å². The van der Waals surface area contributed by atoms with Crippen LogP contribution in [0.15, 0.2) is 12.7 Å². The number of likely N-dealkylation sites (N-methyl/N-ethyl adjacent to an activating group) is 1. The van der Waals surface area contributed by atoms with Crippen molar-refractivity contribution in [2.75, 3.05) is 33.4 Å². The third-order valence-corrected chi connectivity index (χ3v) is 4.98. The van der Waals surface area contributed by atoms with E-state index in [-0.39, 0.29) is 50.6 Å². The van der Waals surface area contributed by atoms with Gasteiger partial charge in [-0.3, -0.25) is 18.4 Å². The molecule has 0 aromatic carbocycles. The van der Waals surface area contributed by atoms with Crippen molar-refractivity contribution in [2.24, 2.45) is 5.92 Å². The summed E-state index contributed by atoms with van der Waals surface area (Å²) in [7, 11) is -2.14. The molecule has 0 saturated carbocycles. The maximum absolute atomic E-state index is 12.5. The molecule has 3 unspecified atom stereocenters. The maximum Gasteiger partial charge on any atom is 0.475 e. The molecule has 151 valence electrons. The molecule has 0 heterocycles. The molecule has 0 aliphatic heterocycles. The van der Waals surface area contributed by atoms with Crippen LogP contribution in [0, 0.1) is 5.92 Å². The third kappa shape index (κ3) is 12.8. The zero-order valence-corrected chi connectivity index (χ0v) is 18.0. The Kier molecular flexibility index (Phi) is 17.8. The zero-order chi connectivity index (χ0) is 19.1. The second-order valence-electron chi connectivity index (χ2n) is 5.58. The van der Waals surface area contributed by atoms with Gasteiger partial charge in [-0.15, -0.1) is 6.58 Å². The standard InChI is InChI=1S/C16H30N2O6P.V/c1-5-10-22-25(21,23-11-9-17-4)24-12-15(18-13-19)16(20)8-7-14(3)6-2;/h5,14-15,17H,1,6-12H2,2-4H3,(H,18,19);/q-1;. The number of ketones is 1. The molecule has 1 radical (unpaired) electrons. The van der Waals surface area contributed by atoms with Gasteiger partial charge in [-0.05, 0) is 19.4 Å². The van der Waals surface area contributed by atoms with Crippen molar-refractivity contribution < 1.29 is 46.3 Å². The summed E-state index contributed by atoms with van der Waals surface area (Å²) >= 11 is 0. The molecule has 0 aromatic rings. The van der Waals surface area contributed by atoms with Crippen LogP contribution in [0.3, 0.4) is 0 Å². The number of Topliss-reactive ketones (excluding diaryl/α,β-unsaturated/α-hetero) is 1. The summed E-state index contributed by atoms with van der Waals surface area (Å²) in [6, 6.07) is -0.949. The molecule has 10 heteroatoms. The second kappa shape index (κ2) is 16.7. The molecule has 0 aliphatic carbocycles. The Balaban J connectivity index is 0. The van der Waals surface area contributed by atoms with Gasteiger partial charge in [-0.1, -0.05) is 26.3 Å². The minimum absolute atomic E-state index is 0. The van der Waals surface area contributed by atoms with Crippen LogP contribution < -0.4 is 10.6 Å². The molecular formula is C16H30N2O6PV-. The topological polar surface area (TPSA) is 103 Å². The molecule has 8 nitrogen and oxygen atoms in total. The second-order valence-corrected chi connectivity index (χ2v) is 7.25. The smallest absolute Gasteiger partial charge is 0.475 e. The van der Waals surface area contributed by atoms with E-state index in [1.807, 2.05) is 13.8 Å². The summed E-state index contributed by atoms with van der Waals surface area (Å²) in [5.74, 6) is 0.187. The monoisotopic (exact) mass is 428 g/mol. The number of carbonyl (C=O) groups excluding carboxylic acids is 2. The quantitative estimate of drug-likeness (QED) is 0.120. The van der Waals surface area contributed by atoms with Crippen LogP contribution in [0.2, 0.25) is 0 Å². The number of hydrogen-bond donors (Lipinski definition) is 2. The van der Waals surface area contributed by atoms with Crippen molar-refractivity contribution in [3.8, 4) is 0 Å². The molecule has 0 bridgehead atoms. The van der Waals surface area contributed by atoms with E-state index in [4.69, 9.17) is 13.6 Å². The van der Waals surface area contributed by atoms with E-state index in [1.54, 1.807) is 7.05 Å². The van der Waals surface area contributed by atoms with E-state index in [1.165, 1.54) is 12.5 Å². The van der Waals surface area contributed by atoms with E-state index in [0.717, 1.165) is 6.42 Å². The summed E-state index contributed by atoms with van der Waals surface area (Å²) in [5.41, 5.74) is 0. The van der Waals surface area contributed by atoms with Crippen LogP contribution in [-0.4, -0.2) is 51.6 Å². The first-order valence-corrected chi connectivity index (χ1v) is 9.83. The van der Waals surface area contributed by atoms with Crippen molar-refractivity contribution in [1.29, 1.82) is 0 Å². The molecule has 0 rings (SSSR count). The van der Waals surface area contributed by atoms with Gasteiger partial charge in [-0.2, -0.15) is 6.41 Å². The Morgan fingerprint density at radius 1 is 1.35 bits per heavy atom. The van der Waals surface area contributed by atoms with Gasteiger partial charge in [0.2, 0.25) is 0 Å². The Bertz CT molecular complexity index is 452. The van der Waals surface area contributed by atoms with Crippen LogP contribution in [-0.2, 0) is 46.3 Å². The average molecular weight is 428 g/mol. The Labute approximate surface area is 168 Å². The van der Waals surface area contributed by atoms with Gasteiger partial charge >= 0.3 is 7.82 Å². The molecule has 26 heavy (non-hydrogen) atoms. The van der Waals surface area contributed by atoms with Gasteiger partial charge in [0.1, 0.15) is 0 Å². The largest absolute Gasteiger partial charge is 0.520 e. The summed E-state index contributed by atoms with van der Waals surface area (Å²) < 4.78 is 28.0. The Hall–Kier alpha value is -0.466. The Morgan fingerprint density at radius 3 is 2.58 bits per heavy atom. The summed E-state index contributed by atoms with van der Waals surface area (Å²) in [6.07, 6.45) is 4.85. The third-order valence-electron chi connectivity index (χ3n) is 3.55. The van der Waals surface area contributed by atoms with E-state index in [9.17, 15) is 14.2 Å². The molecule has 2 N–H and O–H groups in total. The number of phosphoric ester groups is 1.